The lowest BCUT2D eigenvalue weighted by Crippen LogP contribution is -2.52. The van der Waals surface area contributed by atoms with E-state index in [1.54, 1.807) is 0 Å². The number of nitrogens with zero attached hydrogens (tertiary/aromatic N) is 3. The number of benzene rings is 1. The Hall–Kier alpha value is -2.24. The Bertz CT molecular complexity index is 625. The number of hydrogen-bond donors (Lipinski definition) is 2. The summed E-state index contributed by atoms with van der Waals surface area (Å²) in [6, 6.07) is 9.49. The number of tetrazole rings is 1. The Morgan fingerprint density at radius 3 is 2.55 bits per heavy atom. The van der Waals surface area contributed by atoms with Gasteiger partial charge in [0.15, 0.2) is 5.82 Å². The number of carbonyl (C=O) groups is 1. The molecule has 1 aromatic carbocycles. The van der Waals surface area contributed by atoms with Gasteiger partial charge in [-0.25, -0.2) is 0 Å². The van der Waals surface area contributed by atoms with E-state index >= 15 is 0 Å². The van der Waals surface area contributed by atoms with E-state index in [9.17, 15) is 4.79 Å². The van der Waals surface area contributed by atoms with Gasteiger partial charge in [0.2, 0.25) is 5.91 Å². The van der Waals surface area contributed by atoms with Crippen molar-refractivity contribution >= 4 is 11.6 Å². The SMILES string of the molecule is O=C(Nc1ccccc1)C1(c2nn[nH]n2)CC2(CC2)C1. The third-order valence-corrected chi connectivity index (χ3v) is 4.55. The number of para-hydroxylation sites is 1. The summed E-state index contributed by atoms with van der Waals surface area (Å²) in [5.41, 5.74) is 0.561. The van der Waals surface area contributed by atoms with Gasteiger partial charge in [0.1, 0.15) is 5.41 Å². The quantitative estimate of drug-likeness (QED) is 0.887. The molecule has 2 aliphatic carbocycles. The molecule has 1 heterocycles. The molecule has 2 fully saturated rings. The Kier molecular flexibility index (Phi) is 2.24. The number of H-pyrrole nitrogens is 1. The predicted octanol–water partition coefficient (Wildman–Crippen LogP) is 1.65. The summed E-state index contributed by atoms with van der Waals surface area (Å²) >= 11 is 0. The molecule has 0 aliphatic heterocycles. The average molecular weight is 269 g/mol. The van der Waals surface area contributed by atoms with Crippen LogP contribution in [0.25, 0.3) is 0 Å². The van der Waals surface area contributed by atoms with Crippen molar-refractivity contribution < 1.29 is 4.79 Å². The smallest absolute Gasteiger partial charge is 0.238 e. The summed E-state index contributed by atoms with van der Waals surface area (Å²) in [7, 11) is 0. The molecule has 4 rings (SSSR count). The first-order chi connectivity index (χ1) is 9.73. The normalized spacial score (nSPS) is 21.2. The van der Waals surface area contributed by atoms with Crippen molar-refractivity contribution in [1.29, 1.82) is 0 Å². The highest BCUT2D eigenvalue weighted by molar-refractivity contribution is 5.99. The fourth-order valence-corrected chi connectivity index (χ4v) is 3.32. The maximum atomic E-state index is 12.7. The number of hydrogen-bond acceptors (Lipinski definition) is 4. The number of aromatic amines is 1. The third-order valence-electron chi connectivity index (χ3n) is 4.55. The first-order valence-corrected chi connectivity index (χ1v) is 6.83. The van der Waals surface area contributed by atoms with Crippen molar-refractivity contribution in [2.45, 2.75) is 31.1 Å². The monoisotopic (exact) mass is 269 g/mol. The minimum Gasteiger partial charge on any atom is -0.325 e. The fourth-order valence-electron chi connectivity index (χ4n) is 3.32. The summed E-state index contributed by atoms with van der Waals surface area (Å²) in [4.78, 5) is 12.7. The number of aromatic nitrogens is 4. The number of amides is 1. The van der Waals surface area contributed by atoms with Gasteiger partial charge in [0.25, 0.3) is 0 Å². The van der Waals surface area contributed by atoms with Gasteiger partial charge in [-0.05, 0) is 43.2 Å². The van der Waals surface area contributed by atoms with Crippen molar-refractivity contribution in [3.63, 3.8) is 0 Å². The number of carbonyl (C=O) groups excluding carboxylic acids is 1. The molecule has 2 aliphatic rings. The Labute approximate surface area is 116 Å². The van der Waals surface area contributed by atoms with Crippen molar-refractivity contribution in [2.75, 3.05) is 5.32 Å². The van der Waals surface area contributed by atoms with E-state index in [0.717, 1.165) is 18.5 Å². The third kappa shape index (κ3) is 1.64. The second kappa shape index (κ2) is 3.88. The molecule has 2 saturated carbocycles. The molecule has 2 N–H and O–H groups in total. The summed E-state index contributed by atoms with van der Waals surface area (Å²) < 4.78 is 0. The van der Waals surface area contributed by atoms with E-state index in [1.807, 2.05) is 30.3 Å². The van der Waals surface area contributed by atoms with Crippen molar-refractivity contribution in [2.24, 2.45) is 5.41 Å². The maximum absolute atomic E-state index is 12.7. The van der Waals surface area contributed by atoms with Gasteiger partial charge in [-0.2, -0.15) is 5.21 Å². The number of anilines is 1. The molecular weight excluding hydrogens is 254 g/mol. The molecule has 6 nitrogen and oxygen atoms in total. The lowest BCUT2D eigenvalue weighted by molar-refractivity contribution is -0.128. The van der Waals surface area contributed by atoms with Crippen molar-refractivity contribution in [3.05, 3.63) is 36.2 Å². The van der Waals surface area contributed by atoms with Crippen LogP contribution in [0.3, 0.4) is 0 Å². The predicted molar refractivity (Wildman–Crippen MR) is 71.8 cm³/mol. The second-order valence-electron chi connectivity index (χ2n) is 5.99. The highest BCUT2D eigenvalue weighted by Gasteiger charge is 2.66. The van der Waals surface area contributed by atoms with Crippen LogP contribution in [0, 0.1) is 5.41 Å². The molecule has 2 aromatic rings. The Balaban J connectivity index is 1.61. The molecule has 20 heavy (non-hydrogen) atoms. The van der Waals surface area contributed by atoms with Crippen LogP contribution in [-0.2, 0) is 10.2 Å². The maximum Gasteiger partial charge on any atom is 0.238 e. The highest BCUT2D eigenvalue weighted by atomic mass is 16.2. The minimum atomic E-state index is -0.612. The summed E-state index contributed by atoms with van der Waals surface area (Å²) in [6.07, 6.45) is 4.09. The largest absolute Gasteiger partial charge is 0.325 e. The molecule has 6 heteroatoms. The van der Waals surface area contributed by atoms with Gasteiger partial charge in [-0.15, -0.1) is 10.2 Å². The Morgan fingerprint density at radius 2 is 1.95 bits per heavy atom. The zero-order valence-electron chi connectivity index (χ0n) is 11.0. The van der Waals surface area contributed by atoms with Crippen LogP contribution < -0.4 is 5.32 Å². The summed E-state index contributed by atoms with van der Waals surface area (Å²) in [6.45, 7) is 0. The second-order valence-corrected chi connectivity index (χ2v) is 5.99. The van der Waals surface area contributed by atoms with Gasteiger partial charge in [0, 0.05) is 5.69 Å². The highest BCUT2D eigenvalue weighted by Crippen LogP contribution is 2.68. The van der Waals surface area contributed by atoms with Gasteiger partial charge >= 0.3 is 0 Å². The number of rotatable bonds is 3. The standard InChI is InChI=1S/C14H15N5O/c20-12(15-10-4-2-1-3-5-10)14(11-16-18-19-17-11)8-13(9-14)6-7-13/h1-5H,6-9H2,(H,15,20)(H,16,17,18,19). The van der Waals surface area contributed by atoms with Crippen LogP contribution in [-0.4, -0.2) is 26.5 Å². The van der Waals surface area contributed by atoms with Crippen molar-refractivity contribution in [3.8, 4) is 0 Å². The Morgan fingerprint density at radius 1 is 1.20 bits per heavy atom. The van der Waals surface area contributed by atoms with Crippen LogP contribution >= 0.6 is 0 Å². The molecule has 102 valence electrons. The zero-order chi connectivity index (χ0) is 13.6. The molecule has 0 atom stereocenters. The van der Waals surface area contributed by atoms with E-state index < -0.39 is 5.41 Å². The van der Waals surface area contributed by atoms with E-state index in [0.29, 0.717) is 11.2 Å². The van der Waals surface area contributed by atoms with Gasteiger partial charge < -0.3 is 5.32 Å². The fraction of sp³-hybridized carbons (Fsp3) is 0.429. The molecule has 0 radical (unpaired) electrons. The van der Waals surface area contributed by atoms with Crippen LogP contribution in [0.2, 0.25) is 0 Å². The van der Waals surface area contributed by atoms with Gasteiger partial charge in [-0.3, -0.25) is 4.79 Å². The van der Waals surface area contributed by atoms with Crippen molar-refractivity contribution in [1.82, 2.24) is 20.6 Å². The molecule has 1 aromatic heterocycles. The average Bonchev–Trinajstić information content (AvgIpc) is 3.02. The van der Waals surface area contributed by atoms with Gasteiger partial charge in [-0.1, -0.05) is 23.4 Å². The van der Waals surface area contributed by atoms with E-state index in [4.69, 9.17) is 0 Å². The van der Waals surface area contributed by atoms with E-state index in [2.05, 4.69) is 25.9 Å². The summed E-state index contributed by atoms with van der Waals surface area (Å²) in [5.74, 6) is 0.492. The van der Waals surface area contributed by atoms with E-state index in [-0.39, 0.29) is 5.91 Å². The first-order valence-electron chi connectivity index (χ1n) is 6.83. The number of nitrogens with one attached hydrogen (secondary N) is 2. The van der Waals surface area contributed by atoms with Crippen LogP contribution in [0.5, 0.6) is 0 Å². The molecule has 0 unspecified atom stereocenters. The lowest BCUT2D eigenvalue weighted by Gasteiger charge is -2.44. The zero-order valence-corrected chi connectivity index (χ0v) is 11.0. The lowest BCUT2D eigenvalue weighted by atomic mass is 9.58. The topological polar surface area (TPSA) is 83.6 Å². The minimum absolute atomic E-state index is 0.0253. The van der Waals surface area contributed by atoms with Crippen LogP contribution in [0.4, 0.5) is 5.69 Å². The molecule has 1 spiro atoms. The molecule has 0 bridgehead atoms. The van der Waals surface area contributed by atoms with Crippen LogP contribution in [0.1, 0.15) is 31.5 Å². The molecule has 0 saturated heterocycles. The summed E-state index contributed by atoms with van der Waals surface area (Å²) in [5, 5.41) is 17.2. The van der Waals surface area contributed by atoms with E-state index in [1.165, 1.54) is 12.8 Å². The van der Waals surface area contributed by atoms with Crippen LogP contribution in [0.15, 0.2) is 30.3 Å². The first kappa shape index (κ1) is 11.6. The molecule has 1 amide bonds. The van der Waals surface area contributed by atoms with Gasteiger partial charge in [0.05, 0.1) is 0 Å². The molecular formula is C14H15N5O.